The Kier molecular flexibility index (Phi) is 4.34. The first-order chi connectivity index (χ1) is 7.18. The standard InChI is InChI=1S/C12H17N.C2H6/c1-9-4-6-11-10(8-9)5-7-12(11)13(2)3;1-2/h4,6,8,12H,5,7H2,1-3H3;1-2H3. The Morgan fingerprint density at radius 3 is 2.47 bits per heavy atom. The fourth-order valence-electron chi connectivity index (χ4n) is 2.26. The Hall–Kier alpha value is -0.820. The molecule has 0 saturated heterocycles. The average molecular weight is 205 g/mol. The van der Waals surface area contributed by atoms with Gasteiger partial charge in [-0.3, -0.25) is 0 Å². The molecule has 1 heteroatoms. The van der Waals surface area contributed by atoms with Crippen LogP contribution in [0.2, 0.25) is 0 Å². The molecule has 0 aliphatic heterocycles. The van der Waals surface area contributed by atoms with Gasteiger partial charge in [0.15, 0.2) is 0 Å². The largest absolute Gasteiger partial charge is 0.302 e. The van der Waals surface area contributed by atoms with Gasteiger partial charge in [-0.05, 0) is 45.0 Å². The van der Waals surface area contributed by atoms with Gasteiger partial charge in [-0.15, -0.1) is 0 Å². The monoisotopic (exact) mass is 205 g/mol. The van der Waals surface area contributed by atoms with E-state index in [1.165, 1.54) is 24.0 Å². The van der Waals surface area contributed by atoms with E-state index in [2.05, 4.69) is 44.1 Å². The second kappa shape index (κ2) is 5.32. The van der Waals surface area contributed by atoms with Crippen LogP contribution in [-0.2, 0) is 6.42 Å². The molecule has 0 fully saturated rings. The van der Waals surface area contributed by atoms with Gasteiger partial charge in [0.25, 0.3) is 0 Å². The van der Waals surface area contributed by atoms with Crippen molar-refractivity contribution in [3.8, 4) is 0 Å². The maximum Gasteiger partial charge on any atom is 0.0347 e. The quantitative estimate of drug-likeness (QED) is 0.677. The van der Waals surface area contributed by atoms with Gasteiger partial charge in [-0.25, -0.2) is 0 Å². The van der Waals surface area contributed by atoms with Crippen LogP contribution in [0.5, 0.6) is 0 Å². The molecule has 1 aliphatic carbocycles. The molecule has 1 aromatic rings. The third kappa shape index (κ3) is 2.60. The fraction of sp³-hybridized carbons (Fsp3) is 0.571. The van der Waals surface area contributed by atoms with Gasteiger partial charge in [-0.1, -0.05) is 37.6 Å². The lowest BCUT2D eigenvalue weighted by Gasteiger charge is -2.19. The highest BCUT2D eigenvalue weighted by atomic mass is 15.1. The molecule has 0 amide bonds. The van der Waals surface area contributed by atoms with E-state index in [0.717, 1.165) is 0 Å². The average Bonchev–Trinajstić information content (AvgIpc) is 2.63. The second-order valence-electron chi connectivity index (χ2n) is 4.22. The Labute approximate surface area is 94.1 Å². The predicted octanol–water partition coefficient (Wildman–Crippen LogP) is 3.57. The Morgan fingerprint density at radius 2 is 1.87 bits per heavy atom. The summed E-state index contributed by atoms with van der Waals surface area (Å²) in [4.78, 5) is 2.32. The van der Waals surface area contributed by atoms with Crippen molar-refractivity contribution >= 4 is 0 Å². The van der Waals surface area contributed by atoms with E-state index >= 15 is 0 Å². The molecule has 1 unspecified atom stereocenters. The van der Waals surface area contributed by atoms with Gasteiger partial charge in [0, 0.05) is 6.04 Å². The molecule has 0 bridgehead atoms. The lowest BCUT2D eigenvalue weighted by atomic mass is 10.1. The Balaban J connectivity index is 0.000000531. The van der Waals surface area contributed by atoms with Crippen molar-refractivity contribution in [3.05, 3.63) is 34.9 Å². The molecule has 1 aromatic carbocycles. The minimum absolute atomic E-state index is 0.649. The summed E-state index contributed by atoms with van der Waals surface area (Å²) in [5.74, 6) is 0. The van der Waals surface area contributed by atoms with Crippen LogP contribution >= 0.6 is 0 Å². The first kappa shape index (κ1) is 12.3. The number of benzene rings is 1. The number of nitrogens with zero attached hydrogens (tertiary/aromatic N) is 1. The van der Waals surface area contributed by atoms with E-state index in [1.807, 2.05) is 13.8 Å². The van der Waals surface area contributed by atoms with Crippen LogP contribution in [0.1, 0.15) is 43.0 Å². The SMILES string of the molecule is CC.Cc1ccc2c(c1)CCC2N(C)C. The molecule has 84 valence electrons. The van der Waals surface area contributed by atoms with Crippen molar-refractivity contribution in [2.75, 3.05) is 14.1 Å². The summed E-state index contributed by atoms with van der Waals surface area (Å²) < 4.78 is 0. The molecular weight excluding hydrogens is 182 g/mol. The molecule has 0 saturated carbocycles. The third-order valence-corrected chi connectivity index (χ3v) is 2.97. The number of aryl methyl sites for hydroxylation is 2. The maximum absolute atomic E-state index is 2.33. The van der Waals surface area contributed by atoms with Crippen LogP contribution in [0, 0.1) is 6.92 Å². The summed E-state index contributed by atoms with van der Waals surface area (Å²) in [7, 11) is 4.33. The number of hydrogen-bond acceptors (Lipinski definition) is 1. The van der Waals surface area contributed by atoms with Crippen molar-refractivity contribution in [2.24, 2.45) is 0 Å². The summed E-state index contributed by atoms with van der Waals surface area (Å²) in [5.41, 5.74) is 4.48. The molecule has 1 nitrogen and oxygen atoms in total. The summed E-state index contributed by atoms with van der Waals surface area (Å²) in [6, 6.07) is 7.50. The van der Waals surface area contributed by atoms with Gasteiger partial charge in [0.2, 0.25) is 0 Å². The molecule has 0 radical (unpaired) electrons. The highest BCUT2D eigenvalue weighted by Crippen LogP contribution is 2.34. The van der Waals surface area contributed by atoms with Gasteiger partial charge in [0.05, 0.1) is 0 Å². The van der Waals surface area contributed by atoms with E-state index < -0.39 is 0 Å². The summed E-state index contributed by atoms with van der Waals surface area (Å²) in [5, 5.41) is 0. The summed E-state index contributed by atoms with van der Waals surface area (Å²) >= 11 is 0. The topological polar surface area (TPSA) is 3.24 Å². The molecule has 2 rings (SSSR count). The molecule has 0 spiro atoms. The van der Waals surface area contributed by atoms with Crippen molar-refractivity contribution in [1.29, 1.82) is 0 Å². The lowest BCUT2D eigenvalue weighted by molar-refractivity contribution is 0.299. The normalized spacial score (nSPS) is 18.4. The molecular formula is C14H23N. The first-order valence-electron chi connectivity index (χ1n) is 5.94. The van der Waals surface area contributed by atoms with Crippen LogP contribution in [0.15, 0.2) is 18.2 Å². The van der Waals surface area contributed by atoms with Crippen molar-refractivity contribution in [3.63, 3.8) is 0 Å². The zero-order valence-corrected chi connectivity index (χ0v) is 10.7. The van der Waals surface area contributed by atoms with Gasteiger partial charge in [-0.2, -0.15) is 0 Å². The van der Waals surface area contributed by atoms with E-state index in [1.54, 1.807) is 5.56 Å². The molecule has 1 atom stereocenters. The minimum Gasteiger partial charge on any atom is -0.302 e. The van der Waals surface area contributed by atoms with E-state index in [4.69, 9.17) is 0 Å². The smallest absolute Gasteiger partial charge is 0.0347 e. The van der Waals surface area contributed by atoms with E-state index in [9.17, 15) is 0 Å². The van der Waals surface area contributed by atoms with Gasteiger partial charge >= 0.3 is 0 Å². The fourth-order valence-corrected chi connectivity index (χ4v) is 2.26. The van der Waals surface area contributed by atoms with Crippen molar-refractivity contribution < 1.29 is 0 Å². The maximum atomic E-state index is 2.33. The van der Waals surface area contributed by atoms with Crippen LogP contribution in [0.25, 0.3) is 0 Å². The van der Waals surface area contributed by atoms with Crippen molar-refractivity contribution in [1.82, 2.24) is 4.90 Å². The van der Waals surface area contributed by atoms with Gasteiger partial charge in [0.1, 0.15) is 0 Å². The van der Waals surface area contributed by atoms with Crippen LogP contribution in [-0.4, -0.2) is 19.0 Å². The molecule has 0 heterocycles. The number of fused-ring (bicyclic) bond motifs is 1. The number of rotatable bonds is 1. The highest BCUT2D eigenvalue weighted by molar-refractivity contribution is 5.37. The minimum atomic E-state index is 0.649. The second-order valence-corrected chi connectivity index (χ2v) is 4.22. The van der Waals surface area contributed by atoms with Crippen molar-refractivity contribution in [2.45, 2.75) is 39.7 Å². The summed E-state index contributed by atoms with van der Waals surface area (Å²) in [6.45, 7) is 6.17. The molecule has 0 N–H and O–H groups in total. The predicted molar refractivity (Wildman–Crippen MR) is 67.3 cm³/mol. The molecule has 0 aromatic heterocycles. The highest BCUT2D eigenvalue weighted by Gasteiger charge is 2.23. The Morgan fingerprint density at radius 1 is 1.20 bits per heavy atom. The first-order valence-corrected chi connectivity index (χ1v) is 5.94. The van der Waals surface area contributed by atoms with E-state index in [0.29, 0.717) is 6.04 Å². The lowest BCUT2D eigenvalue weighted by Crippen LogP contribution is -2.17. The van der Waals surface area contributed by atoms with Gasteiger partial charge < -0.3 is 4.90 Å². The third-order valence-electron chi connectivity index (χ3n) is 2.97. The van der Waals surface area contributed by atoms with Crippen LogP contribution in [0.3, 0.4) is 0 Å². The zero-order chi connectivity index (χ0) is 11.4. The number of hydrogen-bond donors (Lipinski definition) is 0. The molecule has 1 aliphatic rings. The van der Waals surface area contributed by atoms with E-state index in [-0.39, 0.29) is 0 Å². The summed E-state index contributed by atoms with van der Waals surface area (Å²) in [6.07, 6.45) is 2.53. The molecule has 15 heavy (non-hydrogen) atoms. The zero-order valence-electron chi connectivity index (χ0n) is 10.7. The Bertz CT molecular complexity index is 315. The van der Waals surface area contributed by atoms with Crippen LogP contribution < -0.4 is 0 Å². The van der Waals surface area contributed by atoms with Crippen LogP contribution in [0.4, 0.5) is 0 Å².